The SMILES string of the molecule is O=C(CC1CC1)N1C=CN(c2c(F)cc(Br)cc2F)C1. The van der Waals surface area contributed by atoms with Crippen molar-refractivity contribution < 1.29 is 13.6 Å². The maximum absolute atomic E-state index is 13.9. The Kier molecular flexibility index (Phi) is 3.50. The number of anilines is 1. The predicted molar refractivity (Wildman–Crippen MR) is 74.7 cm³/mol. The molecule has 1 aromatic rings. The molecule has 106 valence electrons. The van der Waals surface area contributed by atoms with Gasteiger partial charge in [-0.3, -0.25) is 9.69 Å². The van der Waals surface area contributed by atoms with Crippen LogP contribution in [0.2, 0.25) is 0 Å². The van der Waals surface area contributed by atoms with Crippen molar-refractivity contribution in [2.75, 3.05) is 11.6 Å². The maximum atomic E-state index is 13.9. The molecule has 0 aromatic heterocycles. The van der Waals surface area contributed by atoms with Crippen molar-refractivity contribution in [1.82, 2.24) is 4.90 Å². The molecule has 3 nitrogen and oxygen atoms in total. The smallest absolute Gasteiger partial charge is 0.228 e. The molecule has 0 bridgehead atoms. The molecule has 1 aliphatic carbocycles. The van der Waals surface area contributed by atoms with E-state index >= 15 is 0 Å². The van der Waals surface area contributed by atoms with Crippen molar-refractivity contribution in [3.8, 4) is 0 Å². The molecule has 0 unspecified atom stereocenters. The second-order valence-corrected chi connectivity index (χ2v) is 6.05. The van der Waals surface area contributed by atoms with Gasteiger partial charge in [0.2, 0.25) is 5.91 Å². The lowest BCUT2D eigenvalue weighted by molar-refractivity contribution is -0.128. The topological polar surface area (TPSA) is 23.6 Å². The molecule has 0 spiro atoms. The highest BCUT2D eigenvalue weighted by atomic mass is 79.9. The highest BCUT2D eigenvalue weighted by Crippen LogP contribution is 2.34. The van der Waals surface area contributed by atoms with E-state index in [-0.39, 0.29) is 18.3 Å². The van der Waals surface area contributed by atoms with Crippen molar-refractivity contribution >= 4 is 27.5 Å². The van der Waals surface area contributed by atoms with Crippen molar-refractivity contribution in [3.63, 3.8) is 0 Å². The van der Waals surface area contributed by atoms with Crippen LogP contribution in [0.25, 0.3) is 0 Å². The van der Waals surface area contributed by atoms with E-state index < -0.39 is 11.6 Å². The van der Waals surface area contributed by atoms with E-state index in [0.29, 0.717) is 16.8 Å². The second kappa shape index (κ2) is 5.16. The number of benzene rings is 1. The minimum Gasteiger partial charge on any atom is -0.323 e. The summed E-state index contributed by atoms with van der Waals surface area (Å²) >= 11 is 3.04. The lowest BCUT2D eigenvalue weighted by Crippen LogP contribution is -2.31. The summed E-state index contributed by atoms with van der Waals surface area (Å²) in [5.74, 6) is -0.814. The van der Waals surface area contributed by atoms with Crippen LogP contribution < -0.4 is 4.90 Å². The summed E-state index contributed by atoms with van der Waals surface area (Å²) in [5, 5.41) is 0. The Morgan fingerprint density at radius 1 is 1.25 bits per heavy atom. The first-order valence-electron chi connectivity index (χ1n) is 6.43. The van der Waals surface area contributed by atoms with Crippen LogP contribution in [0.15, 0.2) is 29.0 Å². The van der Waals surface area contributed by atoms with Gasteiger partial charge in [0.15, 0.2) is 11.6 Å². The average Bonchev–Trinajstić information content (AvgIpc) is 3.03. The molecule has 0 saturated heterocycles. The van der Waals surface area contributed by atoms with Crippen molar-refractivity contribution in [2.45, 2.75) is 19.3 Å². The molecule has 0 N–H and O–H groups in total. The summed E-state index contributed by atoms with van der Waals surface area (Å²) in [6.45, 7) is 0.154. The first kappa shape index (κ1) is 13.5. The minimum atomic E-state index is -0.655. The van der Waals surface area contributed by atoms with Gasteiger partial charge in [-0.2, -0.15) is 0 Å². The Balaban J connectivity index is 1.74. The zero-order valence-electron chi connectivity index (χ0n) is 10.7. The van der Waals surface area contributed by atoms with Crippen LogP contribution in [0.5, 0.6) is 0 Å². The quantitative estimate of drug-likeness (QED) is 0.837. The fraction of sp³-hybridized carbons (Fsp3) is 0.357. The number of halogens is 3. The van der Waals surface area contributed by atoms with E-state index in [9.17, 15) is 13.6 Å². The maximum Gasteiger partial charge on any atom is 0.228 e. The van der Waals surface area contributed by atoms with Gasteiger partial charge in [0.25, 0.3) is 0 Å². The minimum absolute atomic E-state index is 0.00387. The Morgan fingerprint density at radius 2 is 1.90 bits per heavy atom. The number of hydrogen-bond acceptors (Lipinski definition) is 2. The number of carbonyl (C=O) groups is 1. The van der Waals surface area contributed by atoms with Gasteiger partial charge in [0, 0.05) is 23.3 Å². The molecule has 1 fully saturated rings. The normalized spacial score (nSPS) is 17.9. The molecule has 1 heterocycles. The number of rotatable bonds is 3. The van der Waals surface area contributed by atoms with Crippen molar-refractivity contribution in [1.29, 1.82) is 0 Å². The second-order valence-electron chi connectivity index (χ2n) is 5.14. The van der Waals surface area contributed by atoms with Gasteiger partial charge in [-0.25, -0.2) is 8.78 Å². The third kappa shape index (κ3) is 2.70. The summed E-state index contributed by atoms with van der Waals surface area (Å²) in [7, 11) is 0. The van der Waals surface area contributed by atoms with E-state index in [2.05, 4.69) is 15.9 Å². The third-order valence-corrected chi connectivity index (χ3v) is 3.94. The van der Waals surface area contributed by atoms with Crippen LogP contribution >= 0.6 is 15.9 Å². The number of carbonyl (C=O) groups excluding carboxylic acids is 1. The van der Waals surface area contributed by atoms with Crippen LogP contribution in [0.4, 0.5) is 14.5 Å². The Morgan fingerprint density at radius 3 is 2.50 bits per heavy atom. The predicted octanol–water partition coefficient (Wildman–Crippen LogP) is 3.60. The Bertz CT molecular complexity index is 564. The molecule has 2 aliphatic rings. The largest absolute Gasteiger partial charge is 0.323 e. The lowest BCUT2D eigenvalue weighted by atomic mass is 10.2. The average molecular weight is 343 g/mol. The molecule has 6 heteroatoms. The summed E-state index contributed by atoms with van der Waals surface area (Å²) < 4.78 is 28.1. The fourth-order valence-corrected chi connectivity index (χ4v) is 2.62. The molecular weight excluding hydrogens is 330 g/mol. The van der Waals surface area contributed by atoms with Crippen LogP contribution in [-0.2, 0) is 4.79 Å². The summed E-state index contributed by atoms with van der Waals surface area (Å²) in [6, 6.07) is 2.42. The summed E-state index contributed by atoms with van der Waals surface area (Å²) in [5.41, 5.74) is -0.133. The zero-order chi connectivity index (χ0) is 14.3. The molecule has 1 saturated carbocycles. The Labute approximate surface area is 124 Å². The van der Waals surface area contributed by atoms with Gasteiger partial charge in [-0.05, 0) is 30.9 Å². The first-order valence-corrected chi connectivity index (χ1v) is 7.23. The van der Waals surface area contributed by atoms with Crippen LogP contribution in [0.1, 0.15) is 19.3 Å². The monoisotopic (exact) mass is 342 g/mol. The zero-order valence-corrected chi connectivity index (χ0v) is 12.2. The van der Waals surface area contributed by atoms with E-state index in [1.807, 2.05) is 0 Å². The van der Waals surface area contributed by atoms with Gasteiger partial charge < -0.3 is 4.90 Å². The molecule has 3 rings (SSSR count). The van der Waals surface area contributed by atoms with Gasteiger partial charge in [-0.15, -0.1) is 0 Å². The van der Waals surface area contributed by atoms with Crippen molar-refractivity contribution in [2.24, 2.45) is 5.92 Å². The molecule has 0 atom stereocenters. The molecule has 20 heavy (non-hydrogen) atoms. The fourth-order valence-electron chi connectivity index (χ4n) is 2.22. The van der Waals surface area contributed by atoms with E-state index in [4.69, 9.17) is 0 Å². The first-order chi connectivity index (χ1) is 9.54. The molecule has 0 radical (unpaired) electrons. The van der Waals surface area contributed by atoms with Gasteiger partial charge in [0.1, 0.15) is 12.4 Å². The van der Waals surface area contributed by atoms with Gasteiger partial charge in [0.05, 0.1) is 0 Å². The highest BCUT2D eigenvalue weighted by molar-refractivity contribution is 9.10. The van der Waals surface area contributed by atoms with E-state index in [1.165, 1.54) is 28.1 Å². The van der Waals surface area contributed by atoms with Crippen LogP contribution in [0.3, 0.4) is 0 Å². The van der Waals surface area contributed by atoms with E-state index in [0.717, 1.165) is 12.8 Å². The third-order valence-electron chi connectivity index (χ3n) is 3.48. The summed E-state index contributed by atoms with van der Waals surface area (Å²) in [4.78, 5) is 14.9. The van der Waals surface area contributed by atoms with Crippen LogP contribution in [-0.4, -0.2) is 17.5 Å². The highest BCUT2D eigenvalue weighted by Gasteiger charge is 2.29. The molecule has 1 amide bonds. The molecule has 1 aliphatic heterocycles. The number of hydrogen-bond donors (Lipinski definition) is 0. The van der Waals surface area contributed by atoms with Gasteiger partial charge >= 0.3 is 0 Å². The summed E-state index contributed by atoms with van der Waals surface area (Å²) in [6.07, 6.45) is 5.82. The molecule has 1 aromatic carbocycles. The van der Waals surface area contributed by atoms with E-state index in [1.54, 1.807) is 6.20 Å². The lowest BCUT2D eigenvalue weighted by Gasteiger charge is -2.21. The number of amides is 1. The molecular formula is C14H13BrF2N2O. The van der Waals surface area contributed by atoms with Crippen LogP contribution in [0, 0.1) is 17.6 Å². The van der Waals surface area contributed by atoms with Gasteiger partial charge in [-0.1, -0.05) is 15.9 Å². The Hall–Kier alpha value is -1.43. The standard InChI is InChI=1S/C14H13BrF2N2O/c15-10-6-11(16)14(12(17)7-10)19-4-3-18(8-19)13(20)5-9-1-2-9/h3-4,6-7,9H,1-2,5,8H2. The van der Waals surface area contributed by atoms with Crippen molar-refractivity contribution in [3.05, 3.63) is 40.6 Å². The number of nitrogens with zero attached hydrogens (tertiary/aromatic N) is 2.